The van der Waals surface area contributed by atoms with Gasteiger partial charge < -0.3 is 9.52 Å². The first-order valence-electron chi connectivity index (χ1n) is 3.80. The molecule has 0 atom stereocenters. The maximum Gasteiger partial charge on any atom is 0.135 e. The first-order chi connectivity index (χ1) is 6.29. The number of halogens is 1. The zero-order chi connectivity index (χ0) is 9.26. The van der Waals surface area contributed by atoms with Crippen molar-refractivity contribution < 1.29 is 9.52 Å². The second kappa shape index (κ2) is 3.15. The molecule has 0 aliphatic rings. The van der Waals surface area contributed by atoms with Gasteiger partial charge in [-0.05, 0) is 24.3 Å². The molecule has 0 unspecified atom stereocenters. The van der Waals surface area contributed by atoms with Crippen LogP contribution in [0.3, 0.4) is 0 Å². The first-order valence-corrected chi connectivity index (χ1v) is 4.18. The largest absolute Gasteiger partial charge is 0.506 e. The Morgan fingerprint density at radius 3 is 2.69 bits per heavy atom. The Hall–Kier alpha value is -1.41. The van der Waals surface area contributed by atoms with E-state index in [1.54, 1.807) is 30.5 Å². The topological polar surface area (TPSA) is 33.4 Å². The van der Waals surface area contributed by atoms with Crippen molar-refractivity contribution in [1.29, 1.82) is 0 Å². The number of hydrogen-bond donors (Lipinski definition) is 1. The zero-order valence-corrected chi connectivity index (χ0v) is 7.45. The van der Waals surface area contributed by atoms with E-state index >= 15 is 0 Å². The second-order valence-corrected chi connectivity index (χ2v) is 2.99. The summed E-state index contributed by atoms with van der Waals surface area (Å²) in [4.78, 5) is 0. The number of phenols is 1. The van der Waals surface area contributed by atoms with Crippen LogP contribution in [0.4, 0.5) is 0 Å². The van der Waals surface area contributed by atoms with Gasteiger partial charge in [-0.25, -0.2) is 0 Å². The summed E-state index contributed by atoms with van der Waals surface area (Å²) in [5, 5.41) is 9.64. The van der Waals surface area contributed by atoms with Crippen molar-refractivity contribution in [2.45, 2.75) is 0 Å². The van der Waals surface area contributed by atoms with Crippen molar-refractivity contribution in [2.75, 3.05) is 0 Å². The third kappa shape index (κ3) is 1.40. The van der Waals surface area contributed by atoms with Crippen LogP contribution in [0.15, 0.2) is 41.0 Å². The summed E-state index contributed by atoms with van der Waals surface area (Å²) >= 11 is 5.87. The van der Waals surface area contributed by atoms with E-state index in [2.05, 4.69) is 0 Å². The van der Waals surface area contributed by atoms with E-state index in [9.17, 15) is 5.11 Å². The summed E-state index contributed by atoms with van der Waals surface area (Å²) in [6, 6.07) is 8.62. The lowest BCUT2D eigenvalue weighted by Gasteiger charge is -2.01. The van der Waals surface area contributed by atoms with E-state index in [4.69, 9.17) is 16.0 Å². The number of aromatic hydroxyl groups is 1. The standard InChI is InChI=1S/C10H7ClO2/c11-10-7(3-1-4-8(10)12)9-5-2-6-13-9/h1-6,12H. The molecule has 0 aliphatic carbocycles. The summed E-state index contributed by atoms with van der Waals surface area (Å²) in [6.07, 6.45) is 1.57. The summed E-state index contributed by atoms with van der Waals surface area (Å²) in [7, 11) is 0. The van der Waals surface area contributed by atoms with E-state index in [0.29, 0.717) is 16.3 Å². The van der Waals surface area contributed by atoms with Gasteiger partial charge in [0.15, 0.2) is 0 Å². The lowest BCUT2D eigenvalue weighted by Crippen LogP contribution is -1.76. The Bertz CT molecular complexity index is 407. The third-order valence-corrected chi connectivity index (χ3v) is 2.16. The number of hydrogen-bond acceptors (Lipinski definition) is 2. The zero-order valence-electron chi connectivity index (χ0n) is 6.70. The molecule has 0 aliphatic heterocycles. The monoisotopic (exact) mass is 194 g/mol. The van der Waals surface area contributed by atoms with Crippen LogP contribution in [0.1, 0.15) is 0 Å². The molecule has 2 aromatic rings. The molecule has 66 valence electrons. The van der Waals surface area contributed by atoms with Gasteiger partial charge in [-0.2, -0.15) is 0 Å². The predicted octanol–water partition coefficient (Wildman–Crippen LogP) is 3.31. The SMILES string of the molecule is Oc1cccc(-c2ccco2)c1Cl. The molecular weight excluding hydrogens is 188 g/mol. The molecule has 1 heterocycles. The molecule has 2 rings (SSSR count). The smallest absolute Gasteiger partial charge is 0.135 e. The van der Waals surface area contributed by atoms with Gasteiger partial charge in [-0.15, -0.1) is 0 Å². The minimum absolute atomic E-state index is 0.0653. The molecule has 1 aromatic carbocycles. The fourth-order valence-corrected chi connectivity index (χ4v) is 1.36. The normalized spacial score (nSPS) is 10.2. The number of phenolic OH excluding ortho intramolecular Hbond substituents is 1. The summed E-state index contributed by atoms with van der Waals surface area (Å²) in [5.74, 6) is 0.719. The lowest BCUT2D eigenvalue weighted by atomic mass is 10.1. The van der Waals surface area contributed by atoms with Crippen LogP contribution in [0.5, 0.6) is 5.75 Å². The fraction of sp³-hybridized carbons (Fsp3) is 0. The summed E-state index contributed by atoms with van der Waals surface area (Å²) in [6.45, 7) is 0. The molecular formula is C10H7ClO2. The van der Waals surface area contributed by atoms with Crippen molar-refractivity contribution >= 4 is 11.6 Å². The van der Waals surface area contributed by atoms with Crippen LogP contribution >= 0.6 is 11.6 Å². The molecule has 0 saturated carbocycles. The van der Waals surface area contributed by atoms with Crippen molar-refractivity contribution in [3.63, 3.8) is 0 Å². The fourth-order valence-electron chi connectivity index (χ4n) is 1.14. The summed E-state index contributed by atoms with van der Waals surface area (Å²) < 4.78 is 5.16. The van der Waals surface area contributed by atoms with E-state index in [1.807, 2.05) is 0 Å². The average Bonchev–Trinajstić information content (AvgIpc) is 2.62. The van der Waals surface area contributed by atoms with Crippen LogP contribution in [0.2, 0.25) is 5.02 Å². The van der Waals surface area contributed by atoms with Crippen LogP contribution in [-0.2, 0) is 0 Å². The third-order valence-electron chi connectivity index (χ3n) is 1.76. The van der Waals surface area contributed by atoms with Crippen molar-refractivity contribution in [3.8, 4) is 17.1 Å². The second-order valence-electron chi connectivity index (χ2n) is 2.62. The Morgan fingerprint density at radius 2 is 2.00 bits per heavy atom. The molecule has 3 heteroatoms. The van der Waals surface area contributed by atoms with Gasteiger partial charge in [-0.3, -0.25) is 0 Å². The molecule has 0 bridgehead atoms. The summed E-state index contributed by atoms with van der Waals surface area (Å²) in [5.41, 5.74) is 0.701. The molecule has 0 amide bonds. The number of benzene rings is 1. The van der Waals surface area contributed by atoms with E-state index < -0.39 is 0 Å². The highest BCUT2D eigenvalue weighted by molar-refractivity contribution is 6.34. The number of rotatable bonds is 1. The maximum absolute atomic E-state index is 9.33. The van der Waals surface area contributed by atoms with E-state index in [0.717, 1.165) is 0 Å². The molecule has 0 radical (unpaired) electrons. The van der Waals surface area contributed by atoms with Gasteiger partial charge in [0.05, 0.1) is 11.3 Å². The Labute approximate surface area is 80.4 Å². The highest BCUT2D eigenvalue weighted by Crippen LogP contribution is 2.34. The van der Waals surface area contributed by atoms with Gasteiger partial charge in [0.2, 0.25) is 0 Å². The van der Waals surface area contributed by atoms with Crippen molar-refractivity contribution in [2.24, 2.45) is 0 Å². The van der Waals surface area contributed by atoms with Crippen LogP contribution in [0.25, 0.3) is 11.3 Å². The Morgan fingerprint density at radius 1 is 1.15 bits per heavy atom. The van der Waals surface area contributed by atoms with Crippen LogP contribution in [0, 0.1) is 0 Å². The van der Waals surface area contributed by atoms with Gasteiger partial charge in [-0.1, -0.05) is 17.7 Å². The maximum atomic E-state index is 9.33. The predicted molar refractivity (Wildman–Crippen MR) is 50.8 cm³/mol. The highest BCUT2D eigenvalue weighted by Gasteiger charge is 2.08. The average molecular weight is 195 g/mol. The molecule has 0 spiro atoms. The van der Waals surface area contributed by atoms with E-state index in [-0.39, 0.29) is 5.75 Å². The quantitative estimate of drug-likeness (QED) is 0.756. The molecule has 0 saturated heterocycles. The highest BCUT2D eigenvalue weighted by atomic mass is 35.5. The van der Waals surface area contributed by atoms with Crippen LogP contribution < -0.4 is 0 Å². The lowest BCUT2D eigenvalue weighted by molar-refractivity contribution is 0.475. The minimum Gasteiger partial charge on any atom is -0.506 e. The minimum atomic E-state index is 0.0653. The van der Waals surface area contributed by atoms with Gasteiger partial charge in [0.1, 0.15) is 11.5 Å². The first kappa shape index (κ1) is 8.20. The van der Waals surface area contributed by atoms with Crippen molar-refractivity contribution in [1.82, 2.24) is 0 Å². The molecule has 0 fully saturated rings. The van der Waals surface area contributed by atoms with Gasteiger partial charge in [0.25, 0.3) is 0 Å². The van der Waals surface area contributed by atoms with Crippen LogP contribution in [-0.4, -0.2) is 5.11 Å². The van der Waals surface area contributed by atoms with Gasteiger partial charge in [0, 0.05) is 5.56 Å². The van der Waals surface area contributed by atoms with Crippen molar-refractivity contribution in [3.05, 3.63) is 41.6 Å². The number of furan rings is 1. The molecule has 1 aromatic heterocycles. The Kier molecular flexibility index (Phi) is 1.99. The van der Waals surface area contributed by atoms with E-state index in [1.165, 1.54) is 6.07 Å². The molecule has 13 heavy (non-hydrogen) atoms. The van der Waals surface area contributed by atoms with Gasteiger partial charge >= 0.3 is 0 Å². The molecule has 2 nitrogen and oxygen atoms in total. The Balaban J connectivity index is 2.59. The molecule has 1 N–H and O–H groups in total.